The zero-order valence-corrected chi connectivity index (χ0v) is 8.38. The van der Waals surface area contributed by atoms with Crippen molar-refractivity contribution >= 4 is 10.9 Å². The van der Waals surface area contributed by atoms with Crippen molar-refractivity contribution in [2.45, 2.75) is 6.42 Å². The van der Waals surface area contributed by atoms with E-state index in [1.807, 2.05) is 12.3 Å². The van der Waals surface area contributed by atoms with Crippen LogP contribution in [0.5, 0.6) is 0 Å². The van der Waals surface area contributed by atoms with Gasteiger partial charge in [0.2, 0.25) is 0 Å². The Bertz CT molecular complexity index is 387. The van der Waals surface area contributed by atoms with E-state index in [2.05, 4.69) is 23.2 Å². The predicted molar refractivity (Wildman–Crippen MR) is 61.9 cm³/mol. The average molecular weight is 214 g/mol. The van der Waals surface area contributed by atoms with Gasteiger partial charge in [-0.25, -0.2) is 0 Å². The molecule has 0 saturated carbocycles. The van der Waals surface area contributed by atoms with Crippen LogP contribution in [-0.4, -0.2) is 28.0 Å². The number of nitrogens with two attached hydrogens (primary N) is 1. The van der Waals surface area contributed by atoms with Gasteiger partial charge in [0.15, 0.2) is 0 Å². The van der Waals surface area contributed by atoms with Crippen molar-refractivity contribution in [3.8, 4) is 0 Å². The van der Waals surface area contributed by atoms with E-state index in [4.69, 9.17) is 5.73 Å². The van der Waals surface area contributed by atoms with E-state index in [1.165, 1.54) is 16.5 Å². The second-order valence-corrected chi connectivity index (χ2v) is 2.90. The van der Waals surface area contributed by atoms with Gasteiger partial charge in [-0.05, 0) is 24.6 Å². The number of H-pyrrole nitrogens is 1. The van der Waals surface area contributed by atoms with Gasteiger partial charge in [0.05, 0.1) is 0 Å². The zero-order valence-electron chi connectivity index (χ0n) is 8.38. The minimum Gasteiger partial charge on any atom is -0.412 e. The Balaban J connectivity index is 0. The minimum atomic E-state index is 0. The number of para-hydroxylation sites is 1. The van der Waals surface area contributed by atoms with Gasteiger partial charge in [-0.15, -0.1) is 0 Å². The lowest BCUT2D eigenvalue weighted by molar-refractivity contribution is 0.823. The zero-order chi connectivity index (χ0) is 8.39. The summed E-state index contributed by atoms with van der Waals surface area (Å²) >= 11 is 0. The molecule has 0 unspecified atom stereocenters. The first kappa shape index (κ1) is 16.0. The lowest BCUT2D eigenvalue weighted by Gasteiger charge is -1.93. The lowest BCUT2D eigenvalue weighted by Crippen LogP contribution is -2.01. The molecule has 15 heavy (non-hydrogen) atoms. The minimum absolute atomic E-state index is 0. The monoisotopic (exact) mass is 214 g/mol. The Morgan fingerprint density at radius 3 is 2.40 bits per heavy atom. The number of fused-ring (bicyclic) bond motifs is 1. The Morgan fingerprint density at radius 1 is 1.07 bits per heavy atom. The maximum Gasteiger partial charge on any atom is 0.0456 e. The second kappa shape index (κ2) is 6.97. The Morgan fingerprint density at radius 2 is 1.73 bits per heavy atom. The van der Waals surface area contributed by atoms with E-state index in [0.717, 1.165) is 6.42 Å². The summed E-state index contributed by atoms with van der Waals surface area (Å²) in [6.07, 6.45) is 2.99. The number of rotatable bonds is 2. The predicted octanol–water partition coefficient (Wildman–Crippen LogP) is -0.805. The third-order valence-corrected chi connectivity index (χ3v) is 2.09. The fourth-order valence-corrected chi connectivity index (χ4v) is 1.49. The smallest absolute Gasteiger partial charge is 0.0456 e. The van der Waals surface area contributed by atoms with Gasteiger partial charge in [-0.1, -0.05) is 18.2 Å². The van der Waals surface area contributed by atoms with E-state index in [-0.39, 0.29) is 16.4 Å². The summed E-state index contributed by atoms with van der Waals surface area (Å²) in [5.41, 5.74) is 8.01. The fourth-order valence-electron chi connectivity index (χ4n) is 1.49. The highest BCUT2D eigenvalue weighted by atomic mass is 16.0. The first-order valence-electron chi connectivity index (χ1n) is 4.17. The van der Waals surface area contributed by atoms with Crippen molar-refractivity contribution in [1.82, 2.24) is 4.98 Å². The van der Waals surface area contributed by atoms with E-state index in [9.17, 15) is 0 Å². The third-order valence-electron chi connectivity index (χ3n) is 2.09. The molecule has 1 aromatic carbocycles. The van der Waals surface area contributed by atoms with Crippen LogP contribution in [-0.2, 0) is 6.42 Å². The maximum absolute atomic E-state index is 5.50. The summed E-state index contributed by atoms with van der Waals surface area (Å²) in [5, 5.41) is 1.29. The lowest BCUT2D eigenvalue weighted by atomic mass is 10.1. The first-order chi connectivity index (χ1) is 5.92. The van der Waals surface area contributed by atoms with E-state index < -0.39 is 0 Å². The van der Waals surface area contributed by atoms with Gasteiger partial charge in [-0.2, -0.15) is 0 Å². The molecule has 5 heteroatoms. The van der Waals surface area contributed by atoms with Gasteiger partial charge in [0.25, 0.3) is 0 Å². The van der Waals surface area contributed by atoms with Crippen LogP contribution in [0.2, 0.25) is 0 Å². The summed E-state index contributed by atoms with van der Waals surface area (Å²) in [4.78, 5) is 3.22. The number of aromatic amines is 1. The molecule has 86 valence electrons. The van der Waals surface area contributed by atoms with Crippen LogP contribution < -0.4 is 5.73 Å². The highest BCUT2D eigenvalue weighted by Gasteiger charge is 1.99. The number of benzene rings is 1. The van der Waals surface area contributed by atoms with Crippen LogP contribution in [0.3, 0.4) is 0 Å². The van der Waals surface area contributed by atoms with Gasteiger partial charge >= 0.3 is 0 Å². The highest BCUT2D eigenvalue weighted by molar-refractivity contribution is 5.82. The van der Waals surface area contributed by atoms with Gasteiger partial charge in [0.1, 0.15) is 0 Å². The molecule has 0 aliphatic carbocycles. The summed E-state index contributed by atoms with van der Waals surface area (Å²) in [6, 6.07) is 8.29. The van der Waals surface area contributed by atoms with Crippen LogP contribution in [0.4, 0.5) is 0 Å². The first-order valence-corrected chi connectivity index (χ1v) is 4.17. The van der Waals surface area contributed by atoms with Crippen molar-refractivity contribution < 1.29 is 16.4 Å². The largest absolute Gasteiger partial charge is 0.412 e. The molecule has 0 spiro atoms. The molecule has 5 nitrogen and oxygen atoms in total. The summed E-state index contributed by atoms with van der Waals surface area (Å²) in [5.74, 6) is 0. The average Bonchev–Trinajstić information content (AvgIpc) is 2.50. The van der Waals surface area contributed by atoms with Crippen LogP contribution in [0, 0.1) is 0 Å². The van der Waals surface area contributed by atoms with Crippen LogP contribution in [0.15, 0.2) is 30.5 Å². The van der Waals surface area contributed by atoms with Crippen molar-refractivity contribution in [3.63, 3.8) is 0 Å². The van der Waals surface area contributed by atoms with Gasteiger partial charge in [-0.3, -0.25) is 0 Å². The molecule has 9 N–H and O–H groups in total. The van der Waals surface area contributed by atoms with Gasteiger partial charge < -0.3 is 27.1 Å². The van der Waals surface area contributed by atoms with E-state index in [0.29, 0.717) is 6.54 Å². The molecule has 0 fully saturated rings. The van der Waals surface area contributed by atoms with Crippen molar-refractivity contribution in [2.24, 2.45) is 5.73 Å². The normalized spacial score (nSPS) is 8.60. The molecule has 0 bridgehead atoms. The molecule has 0 aliphatic heterocycles. The summed E-state index contributed by atoms with van der Waals surface area (Å²) in [7, 11) is 0. The number of aromatic nitrogens is 1. The van der Waals surface area contributed by atoms with Crippen molar-refractivity contribution in [1.29, 1.82) is 0 Å². The Labute approximate surface area is 87.8 Å². The molecule has 1 heterocycles. The SMILES string of the molecule is NCCc1c[nH]c2ccccc12.O.O.O. The summed E-state index contributed by atoms with van der Waals surface area (Å²) < 4.78 is 0. The Hall–Kier alpha value is -1.40. The number of hydrogen-bond donors (Lipinski definition) is 2. The van der Waals surface area contributed by atoms with Crippen molar-refractivity contribution in [2.75, 3.05) is 6.54 Å². The van der Waals surface area contributed by atoms with Crippen LogP contribution in [0.25, 0.3) is 10.9 Å². The van der Waals surface area contributed by atoms with Crippen LogP contribution in [0.1, 0.15) is 5.56 Å². The quantitative estimate of drug-likeness (QED) is 0.664. The fraction of sp³-hybridized carbons (Fsp3) is 0.200. The molecule has 0 atom stereocenters. The summed E-state index contributed by atoms with van der Waals surface area (Å²) in [6.45, 7) is 0.710. The molecule has 2 rings (SSSR count). The number of hydrogen-bond acceptors (Lipinski definition) is 1. The molecule has 0 saturated heterocycles. The standard InChI is InChI=1S/C10H12N2.3H2O/c11-6-5-8-7-12-10-4-2-1-3-9(8)10;;;/h1-4,7,12H,5-6,11H2;3*1H2. The maximum atomic E-state index is 5.50. The van der Waals surface area contributed by atoms with E-state index >= 15 is 0 Å². The molecule has 2 aromatic rings. The van der Waals surface area contributed by atoms with E-state index in [1.54, 1.807) is 0 Å². The molecule has 0 radical (unpaired) electrons. The molecule has 1 aromatic heterocycles. The highest BCUT2D eigenvalue weighted by Crippen LogP contribution is 2.17. The Kier molecular flexibility index (Phi) is 7.45. The molecule has 0 amide bonds. The molecular formula is C10H18N2O3. The third kappa shape index (κ3) is 3.03. The van der Waals surface area contributed by atoms with Crippen molar-refractivity contribution in [3.05, 3.63) is 36.0 Å². The molecule has 0 aliphatic rings. The van der Waals surface area contributed by atoms with Crippen LogP contribution >= 0.6 is 0 Å². The van der Waals surface area contributed by atoms with Gasteiger partial charge in [0, 0.05) is 17.1 Å². The number of nitrogens with one attached hydrogen (secondary N) is 1. The second-order valence-electron chi connectivity index (χ2n) is 2.90. The molecular weight excluding hydrogens is 196 g/mol. The topological polar surface area (TPSA) is 136 Å².